The number of hydrogen-bond acceptors (Lipinski definition) is 6. The van der Waals surface area contributed by atoms with Gasteiger partial charge < -0.3 is 32.1 Å². The molecule has 10 heteroatoms. The Labute approximate surface area is 141 Å². The summed E-state index contributed by atoms with van der Waals surface area (Å²) in [7, 11) is 0. The molecule has 128 valence electrons. The van der Waals surface area contributed by atoms with Crippen molar-refractivity contribution in [3.63, 3.8) is 0 Å². The van der Waals surface area contributed by atoms with Crippen LogP contribution < -0.4 is 16.8 Å². The molecule has 24 heavy (non-hydrogen) atoms. The number of pyridine rings is 1. The fourth-order valence-electron chi connectivity index (χ4n) is 2.01. The number of nitrogens with zero attached hydrogens (tertiary/aromatic N) is 2. The zero-order chi connectivity index (χ0) is 17.9. The third-order valence-corrected chi connectivity index (χ3v) is 3.49. The van der Waals surface area contributed by atoms with E-state index in [1.54, 1.807) is 6.07 Å². The minimum Gasteiger partial charge on any atom is -0.394 e. The highest BCUT2D eigenvalue weighted by Gasteiger charge is 2.19. The summed E-state index contributed by atoms with van der Waals surface area (Å²) in [6, 6.07) is 3.32. The van der Waals surface area contributed by atoms with Crippen molar-refractivity contribution in [2.24, 2.45) is 16.5 Å². The molecule has 1 aromatic heterocycles. The van der Waals surface area contributed by atoms with Crippen molar-refractivity contribution in [3.8, 4) is 0 Å². The third kappa shape index (κ3) is 3.89. The summed E-state index contributed by atoms with van der Waals surface area (Å²) >= 11 is 6.07. The average Bonchev–Trinajstić information content (AvgIpc) is 2.54. The van der Waals surface area contributed by atoms with Gasteiger partial charge in [-0.05, 0) is 12.1 Å². The van der Waals surface area contributed by atoms with E-state index in [-0.39, 0.29) is 17.3 Å². The Balaban J connectivity index is 2.46. The second-order valence-corrected chi connectivity index (χ2v) is 5.31. The molecule has 1 aromatic carbocycles. The minimum absolute atomic E-state index is 0.178. The second-order valence-electron chi connectivity index (χ2n) is 4.90. The van der Waals surface area contributed by atoms with Gasteiger partial charge in [-0.3, -0.25) is 4.79 Å². The summed E-state index contributed by atoms with van der Waals surface area (Å²) in [5.41, 5.74) is 10.9. The van der Waals surface area contributed by atoms with Crippen molar-refractivity contribution < 1.29 is 20.1 Å². The average molecular weight is 354 g/mol. The Morgan fingerprint density at radius 3 is 2.62 bits per heavy atom. The van der Waals surface area contributed by atoms with Crippen LogP contribution in [0, 0.1) is 0 Å². The first-order valence-corrected chi connectivity index (χ1v) is 7.17. The number of hydrogen-bond donors (Lipinski definition) is 6. The molecule has 0 fully saturated rings. The number of carbonyl (C=O) groups is 1. The van der Waals surface area contributed by atoms with Crippen molar-refractivity contribution in [1.82, 2.24) is 10.3 Å². The van der Waals surface area contributed by atoms with Gasteiger partial charge in [0.05, 0.1) is 11.6 Å². The lowest BCUT2D eigenvalue weighted by molar-refractivity contribution is -0.0755. The molecule has 0 saturated carbocycles. The zero-order valence-electron chi connectivity index (χ0n) is 12.3. The Kier molecular flexibility index (Phi) is 5.52. The number of rotatable bonds is 5. The van der Waals surface area contributed by atoms with Gasteiger partial charge in [0.25, 0.3) is 5.91 Å². The van der Waals surface area contributed by atoms with E-state index in [4.69, 9.17) is 38.4 Å². The molecule has 1 atom stereocenters. The first kappa shape index (κ1) is 17.9. The molecule has 0 bridgehead atoms. The van der Waals surface area contributed by atoms with E-state index >= 15 is 0 Å². The minimum atomic E-state index is -1.90. The lowest BCUT2D eigenvalue weighted by Crippen LogP contribution is -2.45. The van der Waals surface area contributed by atoms with E-state index in [2.05, 4.69) is 15.3 Å². The van der Waals surface area contributed by atoms with E-state index in [9.17, 15) is 4.79 Å². The molecule has 0 aliphatic carbocycles. The fourth-order valence-corrected chi connectivity index (χ4v) is 2.23. The number of fused-ring (bicyclic) bond motifs is 1. The summed E-state index contributed by atoms with van der Waals surface area (Å²) < 4.78 is 0. The zero-order valence-corrected chi connectivity index (χ0v) is 13.1. The standard InChI is InChI=1S/C14H16ClN5O4/c15-9-4-18-11(20-14(16)17)8-3-6(1-2-7(8)9)12(22)19-10(5-21)13(23)24/h1-4,10,13,21,23-24H,5H2,(H,19,22)(H4,16,17,18,20). The van der Waals surface area contributed by atoms with Crippen molar-refractivity contribution in [2.45, 2.75) is 12.3 Å². The molecule has 2 rings (SSSR count). The highest BCUT2D eigenvalue weighted by Crippen LogP contribution is 2.30. The van der Waals surface area contributed by atoms with Crippen LogP contribution in [0.5, 0.6) is 0 Å². The highest BCUT2D eigenvalue weighted by molar-refractivity contribution is 6.35. The van der Waals surface area contributed by atoms with Gasteiger partial charge >= 0.3 is 0 Å². The lowest BCUT2D eigenvalue weighted by atomic mass is 10.1. The molecule has 1 heterocycles. The number of aliphatic imine (C=N–C) groups is 1. The van der Waals surface area contributed by atoms with E-state index in [0.29, 0.717) is 15.8 Å². The molecule has 1 unspecified atom stereocenters. The number of nitrogens with one attached hydrogen (secondary N) is 1. The van der Waals surface area contributed by atoms with E-state index < -0.39 is 24.8 Å². The van der Waals surface area contributed by atoms with Gasteiger partial charge in [0.2, 0.25) is 0 Å². The number of benzene rings is 1. The maximum absolute atomic E-state index is 12.2. The number of aliphatic hydroxyl groups excluding tert-OH is 2. The third-order valence-electron chi connectivity index (χ3n) is 3.19. The summed E-state index contributed by atoms with van der Waals surface area (Å²) in [5.74, 6) is -0.644. The lowest BCUT2D eigenvalue weighted by Gasteiger charge is -2.18. The van der Waals surface area contributed by atoms with Crippen LogP contribution in [0.2, 0.25) is 5.02 Å². The summed E-state index contributed by atoms with van der Waals surface area (Å²) in [6.07, 6.45) is -0.511. The molecular weight excluding hydrogens is 338 g/mol. The molecule has 2 aromatic rings. The smallest absolute Gasteiger partial charge is 0.251 e. The number of halogens is 1. The van der Waals surface area contributed by atoms with Crippen molar-refractivity contribution in [3.05, 3.63) is 35.0 Å². The predicted molar refractivity (Wildman–Crippen MR) is 88.8 cm³/mol. The van der Waals surface area contributed by atoms with Gasteiger partial charge in [0.15, 0.2) is 18.1 Å². The van der Waals surface area contributed by atoms with Crippen LogP contribution in [0.3, 0.4) is 0 Å². The van der Waals surface area contributed by atoms with E-state index in [1.807, 2.05) is 0 Å². The van der Waals surface area contributed by atoms with Gasteiger partial charge in [-0.25, -0.2) is 4.98 Å². The Morgan fingerprint density at radius 1 is 1.33 bits per heavy atom. The molecule has 9 nitrogen and oxygen atoms in total. The normalized spacial score (nSPS) is 12.2. The van der Waals surface area contributed by atoms with E-state index in [0.717, 1.165) is 0 Å². The fraction of sp³-hybridized carbons (Fsp3) is 0.214. The molecule has 0 saturated heterocycles. The van der Waals surface area contributed by atoms with Crippen LogP contribution in [0.4, 0.5) is 5.82 Å². The number of amides is 1. The molecule has 8 N–H and O–H groups in total. The summed E-state index contributed by atoms with van der Waals surface area (Å²) in [6.45, 7) is -0.635. The van der Waals surface area contributed by atoms with Crippen LogP contribution in [-0.2, 0) is 0 Å². The van der Waals surface area contributed by atoms with Crippen molar-refractivity contribution in [2.75, 3.05) is 6.61 Å². The van der Waals surface area contributed by atoms with Gasteiger partial charge in [0.1, 0.15) is 6.04 Å². The Bertz CT molecular complexity index is 792. The first-order valence-electron chi connectivity index (χ1n) is 6.79. The van der Waals surface area contributed by atoms with E-state index in [1.165, 1.54) is 18.3 Å². The second kappa shape index (κ2) is 7.41. The summed E-state index contributed by atoms with van der Waals surface area (Å²) in [5, 5.41) is 30.8. The maximum Gasteiger partial charge on any atom is 0.251 e. The van der Waals surface area contributed by atoms with Crippen molar-refractivity contribution in [1.29, 1.82) is 0 Å². The van der Waals surface area contributed by atoms with Gasteiger partial charge in [0, 0.05) is 22.5 Å². The molecule has 0 spiro atoms. The van der Waals surface area contributed by atoms with Crippen LogP contribution in [0.15, 0.2) is 29.4 Å². The quantitative estimate of drug-likeness (QED) is 0.232. The molecule has 0 radical (unpaired) electrons. The number of guanidine groups is 1. The number of nitrogens with two attached hydrogens (primary N) is 2. The number of carbonyl (C=O) groups excluding carboxylic acids is 1. The van der Waals surface area contributed by atoms with Crippen LogP contribution in [0.1, 0.15) is 10.4 Å². The molecular formula is C14H16ClN5O4. The molecule has 0 aliphatic heterocycles. The predicted octanol–water partition coefficient (Wildman–Crippen LogP) is -0.806. The van der Waals surface area contributed by atoms with Gasteiger partial charge in [-0.1, -0.05) is 17.7 Å². The molecule has 1 amide bonds. The topological polar surface area (TPSA) is 167 Å². The van der Waals surface area contributed by atoms with Crippen LogP contribution in [-0.4, -0.2) is 51.1 Å². The van der Waals surface area contributed by atoms with Gasteiger partial charge in [-0.2, -0.15) is 4.99 Å². The van der Waals surface area contributed by atoms with Crippen molar-refractivity contribution >= 4 is 40.1 Å². The number of aromatic nitrogens is 1. The van der Waals surface area contributed by atoms with Gasteiger partial charge in [-0.15, -0.1) is 0 Å². The molecule has 0 aliphatic rings. The SMILES string of the molecule is NC(N)=Nc1ncc(Cl)c2ccc(C(=O)NC(CO)C(O)O)cc12. The highest BCUT2D eigenvalue weighted by atomic mass is 35.5. The number of aliphatic hydroxyl groups is 3. The largest absolute Gasteiger partial charge is 0.394 e. The monoisotopic (exact) mass is 353 g/mol. The Morgan fingerprint density at radius 2 is 2.04 bits per heavy atom. The summed E-state index contributed by atoms with van der Waals surface area (Å²) in [4.78, 5) is 20.1. The van der Waals surface area contributed by atoms with Crippen LogP contribution >= 0.6 is 11.6 Å². The Hall–Kier alpha value is -2.46. The van der Waals surface area contributed by atoms with Crippen LogP contribution in [0.25, 0.3) is 10.8 Å². The first-order chi connectivity index (χ1) is 11.3. The maximum atomic E-state index is 12.2.